The Labute approximate surface area is 309 Å². The molecule has 290 valence electrons. The maximum atomic E-state index is 12.2. The number of esters is 2. The first-order chi connectivity index (χ1) is 24.6. The molecule has 5 nitrogen and oxygen atoms in total. The van der Waals surface area contributed by atoms with Crippen molar-refractivity contribution in [1.82, 2.24) is 0 Å². The van der Waals surface area contributed by atoms with Crippen molar-refractivity contribution >= 4 is 11.9 Å². The molecule has 1 N–H and O–H groups in total. The zero-order valence-corrected chi connectivity index (χ0v) is 32.9. The number of rotatable bonds is 38. The minimum atomic E-state index is -0.791. The Balaban J connectivity index is 3.60. The van der Waals surface area contributed by atoms with E-state index in [0.29, 0.717) is 19.3 Å². The van der Waals surface area contributed by atoms with Crippen molar-refractivity contribution in [3.8, 4) is 0 Å². The van der Waals surface area contributed by atoms with Gasteiger partial charge in [0.15, 0.2) is 6.10 Å². The van der Waals surface area contributed by atoms with E-state index in [0.717, 1.165) is 44.9 Å². The summed E-state index contributed by atoms with van der Waals surface area (Å²) < 4.78 is 10.6. The van der Waals surface area contributed by atoms with Crippen LogP contribution in [0.15, 0.2) is 48.6 Å². The predicted molar refractivity (Wildman–Crippen MR) is 214 cm³/mol. The van der Waals surface area contributed by atoms with Gasteiger partial charge in [-0.15, -0.1) is 0 Å². The van der Waals surface area contributed by atoms with Gasteiger partial charge >= 0.3 is 11.9 Å². The molecule has 0 aromatic heterocycles. The number of ether oxygens (including phenoxy) is 2. The second-order valence-corrected chi connectivity index (χ2v) is 14.1. The number of aliphatic hydroxyl groups excluding tert-OH is 1. The third kappa shape index (κ3) is 38.7. The maximum absolute atomic E-state index is 12.2. The molecular weight excluding hydrogens is 620 g/mol. The predicted octanol–water partition coefficient (Wildman–Crippen LogP) is 13.4. The SMILES string of the molecule is CCCCCC=CCC=CCC=CCC=CCCCC(=O)OC[C@H](CO)OC(=O)CCCCCCCCCCCCCCCCCCCCC. The monoisotopic (exact) mass is 701 g/mol. The molecule has 50 heavy (non-hydrogen) atoms. The van der Waals surface area contributed by atoms with Gasteiger partial charge in [0.25, 0.3) is 0 Å². The van der Waals surface area contributed by atoms with Gasteiger partial charge in [0.05, 0.1) is 6.61 Å². The summed E-state index contributed by atoms with van der Waals surface area (Å²) >= 11 is 0. The Morgan fingerprint density at radius 3 is 1.26 bits per heavy atom. The molecule has 0 rings (SSSR count). The van der Waals surface area contributed by atoms with Gasteiger partial charge in [-0.2, -0.15) is 0 Å². The topological polar surface area (TPSA) is 72.8 Å². The van der Waals surface area contributed by atoms with Crippen LogP contribution in [0.25, 0.3) is 0 Å². The summed E-state index contributed by atoms with van der Waals surface area (Å²) in [4.78, 5) is 24.3. The van der Waals surface area contributed by atoms with E-state index in [2.05, 4.69) is 62.5 Å². The molecule has 0 saturated heterocycles. The smallest absolute Gasteiger partial charge is 0.306 e. The van der Waals surface area contributed by atoms with Crippen molar-refractivity contribution in [1.29, 1.82) is 0 Å². The molecule has 0 aromatic rings. The highest BCUT2D eigenvalue weighted by Crippen LogP contribution is 2.15. The highest BCUT2D eigenvalue weighted by atomic mass is 16.6. The molecule has 5 heteroatoms. The lowest BCUT2D eigenvalue weighted by Gasteiger charge is -2.15. The van der Waals surface area contributed by atoms with Crippen molar-refractivity contribution in [3.63, 3.8) is 0 Å². The number of aliphatic hydroxyl groups is 1. The molecule has 0 aliphatic carbocycles. The molecule has 0 fully saturated rings. The third-order valence-corrected chi connectivity index (χ3v) is 9.13. The van der Waals surface area contributed by atoms with E-state index in [-0.39, 0.29) is 25.2 Å². The van der Waals surface area contributed by atoms with Gasteiger partial charge in [-0.05, 0) is 51.4 Å². The second-order valence-electron chi connectivity index (χ2n) is 14.1. The molecule has 1 atom stereocenters. The molecule has 0 heterocycles. The first-order valence-electron chi connectivity index (χ1n) is 21.2. The van der Waals surface area contributed by atoms with E-state index in [1.165, 1.54) is 128 Å². The molecule has 0 radical (unpaired) electrons. The van der Waals surface area contributed by atoms with Crippen molar-refractivity contribution in [2.45, 2.75) is 213 Å². The Morgan fingerprint density at radius 1 is 0.460 bits per heavy atom. The lowest BCUT2D eigenvalue weighted by atomic mass is 10.0. The van der Waals surface area contributed by atoms with E-state index in [4.69, 9.17) is 9.47 Å². The first-order valence-corrected chi connectivity index (χ1v) is 21.2. The van der Waals surface area contributed by atoms with E-state index in [1.54, 1.807) is 0 Å². The van der Waals surface area contributed by atoms with Crippen LogP contribution in [-0.2, 0) is 19.1 Å². The van der Waals surface area contributed by atoms with Crippen molar-refractivity contribution < 1.29 is 24.2 Å². The number of carbonyl (C=O) groups excluding carboxylic acids is 2. The largest absolute Gasteiger partial charge is 0.462 e. The quantitative estimate of drug-likeness (QED) is 0.0394. The molecular formula is C45H80O5. The summed E-state index contributed by atoms with van der Waals surface area (Å²) in [6, 6.07) is 0. The summed E-state index contributed by atoms with van der Waals surface area (Å²) in [5, 5.41) is 9.56. The fourth-order valence-corrected chi connectivity index (χ4v) is 5.90. The summed E-state index contributed by atoms with van der Waals surface area (Å²) in [5.74, 6) is -0.651. The summed E-state index contributed by atoms with van der Waals surface area (Å²) in [6.07, 6.45) is 51.8. The summed E-state index contributed by atoms with van der Waals surface area (Å²) in [6.45, 7) is 4.07. The van der Waals surface area contributed by atoms with E-state index >= 15 is 0 Å². The lowest BCUT2D eigenvalue weighted by Crippen LogP contribution is -2.28. The fraction of sp³-hybridized carbons (Fsp3) is 0.778. The molecule has 0 aliphatic heterocycles. The number of allylic oxidation sites excluding steroid dienone is 8. The third-order valence-electron chi connectivity index (χ3n) is 9.13. The Bertz CT molecular complexity index is 842. The molecule has 0 aromatic carbocycles. The van der Waals surface area contributed by atoms with Gasteiger partial charge in [-0.1, -0.05) is 191 Å². The summed E-state index contributed by atoms with van der Waals surface area (Å²) in [7, 11) is 0. The van der Waals surface area contributed by atoms with Crippen LogP contribution in [-0.4, -0.2) is 36.4 Å². The van der Waals surface area contributed by atoms with Crippen LogP contribution in [0.1, 0.15) is 206 Å². The van der Waals surface area contributed by atoms with E-state index in [9.17, 15) is 14.7 Å². The fourth-order valence-electron chi connectivity index (χ4n) is 5.90. The normalized spacial score (nSPS) is 12.6. The van der Waals surface area contributed by atoms with Crippen LogP contribution in [0.3, 0.4) is 0 Å². The number of hydrogen-bond donors (Lipinski definition) is 1. The van der Waals surface area contributed by atoms with E-state index in [1.807, 2.05) is 0 Å². The van der Waals surface area contributed by atoms with Gasteiger partial charge in [-0.25, -0.2) is 0 Å². The first kappa shape index (κ1) is 47.9. The minimum Gasteiger partial charge on any atom is -0.462 e. The highest BCUT2D eigenvalue weighted by Gasteiger charge is 2.16. The van der Waals surface area contributed by atoms with Gasteiger partial charge in [0.2, 0.25) is 0 Å². The number of carbonyl (C=O) groups is 2. The molecule has 0 aliphatic rings. The average molecular weight is 701 g/mol. The van der Waals surface area contributed by atoms with Crippen LogP contribution < -0.4 is 0 Å². The number of hydrogen-bond acceptors (Lipinski definition) is 5. The molecule has 0 bridgehead atoms. The second kappa shape index (κ2) is 41.3. The molecule has 0 saturated carbocycles. The van der Waals surface area contributed by atoms with E-state index < -0.39 is 6.10 Å². The number of unbranched alkanes of at least 4 members (excludes halogenated alkanes) is 22. The molecule has 0 unspecified atom stereocenters. The van der Waals surface area contributed by atoms with Gasteiger partial charge in [0.1, 0.15) is 6.61 Å². The summed E-state index contributed by atoms with van der Waals surface area (Å²) in [5.41, 5.74) is 0. The van der Waals surface area contributed by atoms with Crippen LogP contribution in [0, 0.1) is 0 Å². The van der Waals surface area contributed by atoms with Gasteiger partial charge in [-0.3, -0.25) is 9.59 Å². The lowest BCUT2D eigenvalue weighted by molar-refractivity contribution is -0.161. The van der Waals surface area contributed by atoms with Crippen LogP contribution in [0.4, 0.5) is 0 Å². The highest BCUT2D eigenvalue weighted by molar-refractivity contribution is 5.70. The van der Waals surface area contributed by atoms with Crippen LogP contribution >= 0.6 is 0 Å². The zero-order valence-electron chi connectivity index (χ0n) is 32.9. The maximum Gasteiger partial charge on any atom is 0.306 e. The average Bonchev–Trinajstić information content (AvgIpc) is 3.12. The van der Waals surface area contributed by atoms with Gasteiger partial charge in [0, 0.05) is 12.8 Å². The minimum absolute atomic E-state index is 0.0927. The molecule has 0 amide bonds. The van der Waals surface area contributed by atoms with Crippen LogP contribution in [0.2, 0.25) is 0 Å². The van der Waals surface area contributed by atoms with Crippen molar-refractivity contribution in [2.24, 2.45) is 0 Å². The Kier molecular flexibility index (Phi) is 39.5. The standard InChI is InChI=1S/C45H80O5/c1-3-5-7-9-11-13-15-17-19-21-22-24-26-28-30-32-34-36-38-40-45(48)50-43(41-46)42-49-44(47)39-37-35-33-31-29-27-25-23-20-18-16-14-12-10-8-6-4-2/h12,14,18,20,25,27,31,33,43,46H,3-11,13,15-17,19,21-24,26,28-30,32,34-42H2,1-2H3/t43-/m0/s1. The van der Waals surface area contributed by atoms with Crippen molar-refractivity contribution in [3.05, 3.63) is 48.6 Å². The molecule has 0 spiro atoms. The van der Waals surface area contributed by atoms with Gasteiger partial charge < -0.3 is 14.6 Å². The Morgan fingerprint density at radius 2 is 0.820 bits per heavy atom. The van der Waals surface area contributed by atoms with Crippen LogP contribution in [0.5, 0.6) is 0 Å². The van der Waals surface area contributed by atoms with Crippen molar-refractivity contribution in [2.75, 3.05) is 13.2 Å². The Hall–Kier alpha value is -2.14. The zero-order chi connectivity index (χ0) is 36.4.